The van der Waals surface area contributed by atoms with Gasteiger partial charge >= 0.3 is 10.1 Å². The van der Waals surface area contributed by atoms with Crippen LogP contribution in [0, 0.1) is 17.1 Å². The summed E-state index contributed by atoms with van der Waals surface area (Å²) in [5.41, 5.74) is 8.19. The zero-order valence-electron chi connectivity index (χ0n) is 21.7. The number of hydrogen-bond donors (Lipinski definition) is 2. The van der Waals surface area contributed by atoms with E-state index in [-0.39, 0.29) is 11.3 Å². The summed E-state index contributed by atoms with van der Waals surface area (Å²) in [6, 6.07) is 20.5. The van der Waals surface area contributed by atoms with Crippen LogP contribution in [-0.4, -0.2) is 55.5 Å². The zero-order chi connectivity index (χ0) is 29.1. The van der Waals surface area contributed by atoms with Crippen LogP contribution in [0.15, 0.2) is 76.7 Å². The van der Waals surface area contributed by atoms with Crippen molar-refractivity contribution in [3.63, 3.8) is 0 Å². The van der Waals surface area contributed by atoms with Crippen LogP contribution in [0.25, 0.3) is 11.1 Å². The summed E-state index contributed by atoms with van der Waals surface area (Å²) in [7, 11) is -3.68. The number of carbonyl (C=O) groups is 1. The van der Waals surface area contributed by atoms with Crippen molar-refractivity contribution in [2.45, 2.75) is 18.9 Å². The van der Waals surface area contributed by atoms with Crippen molar-refractivity contribution < 1.29 is 26.9 Å². The van der Waals surface area contributed by atoms with Gasteiger partial charge in [-0.15, -0.1) is 0 Å². The molecule has 0 bridgehead atoms. The van der Waals surface area contributed by atoms with Gasteiger partial charge in [-0.25, -0.2) is 9.38 Å². The number of hydrogen-bond acceptors (Lipinski definition) is 9. The monoisotopic (exact) mass is 563 g/mol. The van der Waals surface area contributed by atoms with Crippen molar-refractivity contribution in [3.05, 3.63) is 89.2 Å². The van der Waals surface area contributed by atoms with E-state index in [2.05, 4.69) is 0 Å². The van der Waals surface area contributed by atoms with Gasteiger partial charge in [0.2, 0.25) is 0 Å². The smallest absolute Gasteiger partial charge is 0.306 e. The van der Waals surface area contributed by atoms with Gasteiger partial charge in [0.25, 0.3) is 5.97 Å². The van der Waals surface area contributed by atoms with Gasteiger partial charge in [0.15, 0.2) is 11.5 Å². The largest absolute Gasteiger partial charge is 0.481 e. The number of carboxylic acid groups (broad SMARTS) is 1. The number of nitriles is 1. The highest BCUT2D eigenvalue weighted by atomic mass is 32.2. The van der Waals surface area contributed by atoms with E-state index in [1.807, 2.05) is 35.2 Å². The number of nitrogens with zero attached hydrogens (tertiary/aromatic N) is 4. The molecule has 1 unspecified atom stereocenters. The molecule has 5 rings (SSSR count). The Morgan fingerprint density at radius 1 is 1.12 bits per heavy atom. The summed E-state index contributed by atoms with van der Waals surface area (Å²) >= 11 is 0. The Kier molecular flexibility index (Phi) is 7.88. The minimum atomic E-state index is -3.68. The quantitative estimate of drug-likeness (QED) is 0.447. The van der Waals surface area contributed by atoms with Crippen molar-refractivity contribution in [1.82, 2.24) is 4.90 Å². The Morgan fingerprint density at radius 3 is 2.45 bits per heavy atom. The molecule has 1 atom stereocenters. The number of benzene rings is 3. The van der Waals surface area contributed by atoms with Crippen molar-refractivity contribution >= 4 is 27.9 Å². The predicted molar refractivity (Wildman–Crippen MR) is 148 cm³/mol. The van der Waals surface area contributed by atoms with Gasteiger partial charge in [-0.3, -0.25) is 14.7 Å². The molecular formula is C28H26FN5O5S. The zero-order valence-corrected chi connectivity index (χ0v) is 22.5. The molecule has 0 saturated carbocycles. The van der Waals surface area contributed by atoms with Crippen LogP contribution >= 0.6 is 0 Å². The van der Waals surface area contributed by atoms with Crippen molar-refractivity contribution in [1.29, 1.82) is 5.26 Å². The fourth-order valence-corrected chi connectivity index (χ4v) is 5.08. The van der Waals surface area contributed by atoms with E-state index in [4.69, 9.17) is 29.8 Å². The maximum Gasteiger partial charge on any atom is 0.306 e. The molecule has 0 aromatic heterocycles. The molecule has 0 saturated heterocycles. The lowest BCUT2D eigenvalue weighted by atomic mass is 9.81. The predicted octanol–water partition coefficient (Wildman–Crippen LogP) is 3.47. The number of fused-ring (bicyclic) bond motifs is 1. The second-order valence-corrected chi connectivity index (χ2v) is 10.7. The third-order valence-electron chi connectivity index (χ3n) is 6.16. The maximum absolute atomic E-state index is 13.9. The highest BCUT2D eigenvalue weighted by Crippen LogP contribution is 2.43. The summed E-state index contributed by atoms with van der Waals surface area (Å²) in [4.78, 5) is 20.6. The van der Waals surface area contributed by atoms with Crippen LogP contribution in [0.3, 0.4) is 0 Å². The molecule has 3 aromatic rings. The number of aliphatic imine (C=N–C) groups is 2. The highest BCUT2D eigenvalue weighted by molar-refractivity contribution is 7.86. The lowest BCUT2D eigenvalue weighted by molar-refractivity contribution is -0.134. The second-order valence-electron chi connectivity index (χ2n) is 9.11. The number of nitrogens with two attached hydrogens (primary N) is 1. The molecule has 3 aromatic carbocycles. The van der Waals surface area contributed by atoms with Crippen LogP contribution in [0.4, 0.5) is 4.39 Å². The molecule has 0 amide bonds. The molecule has 3 N–H and O–H groups in total. The number of halogens is 1. The number of guanidine groups is 1. The molecule has 2 aliphatic rings. The number of rotatable bonds is 5. The van der Waals surface area contributed by atoms with Crippen molar-refractivity contribution in [2.24, 2.45) is 15.7 Å². The molecule has 2 aliphatic heterocycles. The van der Waals surface area contributed by atoms with E-state index < -0.39 is 27.4 Å². The van der Waals surface area contributed by atoms with Crippen LogP contribution in [0.2, 0.25) is 0 Å². The van der Waals surface area contributed by atoms with Gasteiger partial charge in [-0.1, -0.05) is 36.4 Å². The molecule has 0 radical (unpaired) electrons. The average Bonchev–Trinajstić information content (AvgIpc) is 3.21. The number of carboxylic acids is 1. The molecular weight excluding hydrogens is 537 g/mol. The molecule has 0 fully saturated rings. The first-order chi connectivity index (χ1) is 18.9. The number of amidine groups is 1. The van der Waals surface area contributed by atoms with E-state index in [9.17, 15) is 18.1 Å². The first-order valence-corrected chi connectivity index (χ1v) is 13.9. The molecule has 0 aliphatic carbocycles. The van der Waals surface area contributed by atoms with Gasteiger partial charge in [0.05, 0.1) is 11.8 Å². The molecule has 206 valence electrons. The molecule has 40 heavy (non-hydrogen) atoms. The van der Waals surface area contributed by atoms with Gasteiger partial charge < -0.3 is 15.0 Å². The lowest BCUT2D eigenvalue weighted by Gasteiger charge is -2.33. The molecule has 10 nitrogen and oxygen atoms in total. The van der Waals surface area contributed by atoms with E-state index in [0.717, 1.165) is 36.3 Å². The summed E-state index contributed by atoms with van der Waals surface area (Å²) in [5, 5.41) is 16.7. The Bertz CT molecular complexity index is 1660. The molecule has 2 heterocycles. The standard InChI is InChI=1S/C26H22FN5O3S.C2H4O2/c1-36(33,34)35-22-9-7-20(8-10-22)26(24-30-12-3-13-32(24)25(29)31-26)21-5-2-4-17(15-21)18-6-11-23(27)19(14-18)16-28;1-2(3)4/h2,4-11,14-15H,3,12-13H2,1H3,(H2,29,31);1H3,(H,3,4). The second kappa shape index (κ2) is 11.2. The van der Waals surface area contributed by atoms with E-state index in [1.165, 1.54) is 12.1 Å². The topological polar surface area (TPSA) is 158 Å². The van der Waals surface area contributed by atoms with Crippen molar-refractivity contribution in [2.75, 3.05) is 19.3 Å². The van der Waals surface area contributed by atoms with Gasteiger partial charge in [0, 0.05) is 20.0 Å². The summed E-state index contributed by atoms with van der Waals surface area (Å²) in [6.45, 7) is 2.38. The fourth-order valence-electron chi connectivity index (χ4n) is 4.61. The minimum absolute atomic E-state index is 0.0416. The first-order valence-electron chi connectivity index (χ1n) is 12.1. The third-order valence-corrected chi connectivity index (χ3v) is 6.65. The van der Waals surface area contributed by atoms with E-state index in [0.29, 0.717) is 30.4 Å². The van der Waals surface area contributed by atoms with E-state index in [1.54, 1.807) is 30.3 Å². The Hall–Kier alpha value is -4.76. The Balaban J connectivity index is 0.000000867. The maximum atomic E-state index is 13.9. The van der Waals surface area contributed by atoms with Crippen LogP contribution in [-0.2, 0) is 20.5 Å². The molecule has 12 heteroatoms. The summed E-state index contributed by atoms with van der Waals surface area (Å²) < 4.78 is 42.1. The molecule has 0 spiro atoms. The van der Waals surface area contributed by atoms with Gasteiger partial charge in [-0.2, -0.15) is 13.7 Å². The Labute approximate surface area is 231 Å². The van der Waals surface area contributed by atoms with E-state index >= 15 is 0 Å². The normalized spacial score (nSPS) is 17.9. The summed E-state index contributed by atoms with van der Waals surface area (Å²) in [5.74, 6) is -0.218. The van der Waals surface area contributed by atoms with Crippen LogP contribution in [0.5, 0.6) is 5.75 Å². The van der Waals surface area contributed by atoms with Crippen LogP contribution < -0.4 is 9.92 Å². The lowest BCUT2D eigenvalue weighted by Crippen LogP contribution is -2.46. The number of aliphatic carboxylic acids is 1. The fraction of sp³-hybridized carbons (Fsp3) is 0.214. The third kappa shape index (κ3) is 5.79. The van der Waals surface area contributed by atoms with Crippen molar-refractivity contribution in [3.8, 4) is 22.9 Å². The first kappa shape index (κ1) is 28.3. The summed E-state index contributed by atoms with van der Waals surface area (Å²) in [6.07, 6.45) is 1.82. The minimum Gasteiger partial charge on any atom is -0.481 e. The average molecular weight is 564 g/mol. The SMILES string of the molecule is CC(=O)O.CS(=O)(=O)Oc1ccc(C2(c3cccc(-c4ccc(F)c(C#N)c4)c3)N=C(N)N3CCCN=C32)cc1. The Morgan fingerprint density at radius 2 is 1.80 bits per heavy atom. The van der Waals surface area contributed by atoms with Crippen LogP contribution in [0.1, 0.15) is 30.0 Å². The van der Waals surface area contributed by atoms with Gasteiger partial charge in [0.1, 0.15) is 23.5 Å². The highest BCUT2D eigenvalue weighted by Gasteiger charge is 2.49. The van der Waals surface area contributed by atoms with Gasteiger partial charge in [-0.05, 0) is 59.0 Å².